The summed E-state index contributed by atoms with van der Waals surface area (Å²) in [6.07, 6.45) is 5.33. The molecule has 0 aliphatic carbocycles. The lowest BCUT2D eigenvalue weighted by Gasteiger charge is -2.24. The van der Waals surface area contributed by atoms with E-state index in [-0.39, 0.29) is 0 Å². The molecule has 0 aliphatic heterocycles. The molecule has 1 heteroatoms. The predicted molar refractivity (Wildman–Crippen MR) is 61.1 cm³/mol. The van der Waals surface area contributed by atoms with Crippen molar-refractivity contribution in [3.8, 4) is 0 Å². The van der Waals surface area contributed by atoms with Crippen LogP contribution in [0.15, 0.2) is 0 Å². The monoisotopic (exact) mass is 185 g/mol. The van der Waals surface area contributed by atoms with Crippen molar-refractivity contribution in [1.82, 2.24) is 4.90 Å². The summed E-state index contributed by atoms with van der Waals surface area (Å²) in [6.45, 7) is 10.5. The molecule has 0 bridgehead atoms. The molecule has 0 aromatic carbocycles. The average molecular weight is 185 g/mol. The van der Waals surface area contributed by atoms with Gasteiger partial charge in [0, 0.05) is 6.04 Å². The lowest BCUT2D eigenvalue weighted by molar-refractivity contribution is 0.233. The molecule has 0 N–H and O–H groups in total. The molecule has 0 amide bonds. The quantitative estimate of drug-likeness (QED) is 0.586. The van der Waals surface area contributed by atoms with E-state index in [1.807, 2.05) is 0 Å². The summed E-state index contributed by atoms with van der Waals surface area (Å²) >= 11 is 0. The van der Waals surface area contributed by atoms with E-state index in [0.29, 0.717) is 0 Å². The molecule has 0 aliphatic rings. The first-order chi connectivity index (χ1) is 6.11. The Morgan fingerprint density at radius 1 is 1.08 bits per heavy atom. The van der Waals surface area contributed by atoms with E-state index in [1.54, 1.807) is 0 Å². The van der Waals surface area contributed by atoms with Crippen LogP contribution >= 0.6 is 0 Å². The van der Waals surface area contributed by atoms with Gasteiger partial charge in [0.15, 0.2) is 0 Å². The van der Waals surface area contributed by atoms with E-state index in [0.717, 1.165) is 12.0 Å². The first kappa shape index (κ1) is 13.0. The Morgan fingerprint density at radius 2 is 1.69 bits per heavy atom. The van der Waals surface area contributed by atoms with Crippen molar-refractivity contribution < 1.29 is 0 Å². The van der Waals surface area contributed by atoms with Crippen LogP contribution in [0.4, 0.5) is 0 Å². The van der Waals surface area contributed by atoms with Gasteiger partial charge in [0.1, 0.15) is 0 Å². The van der Waals surface area contributed by atoms with Gasteiger partial charge in [0.05, 0.1) is 0 Å². The summed E-state index contributed by atoms with van der Waals surface area (Å²) in [6, 6.07) is 0.744. The molecule has 0 saturated heterocycles. The number of hydrogen-bond donors (Lipinski definition) is 0. The second kappa shape index (κ2) is 7.37. The van der Waals surface area contributed by atoms with Crippen molar-refractivity contribution >= 4 is 0 Å². The lowest BCUT2D eigenvalue weighted by atomic mass is 10.0. The highest BCUT2D eigenvalue weighted by Gasteiger charge is 2.08. The summed E-state index contributed by atoms with van der Waals surface area (Å²) in [7, 11) is 2.24. The maximum atomic E-state index is 2.48. The molecule has 80 valence electrons. The largest absolute Gasteiger partial charge is 0.304 e. The second-order valence-electron chi connectivity index (χ2n) is 4.42. The zero-order valence-corrected chi connectivity index (χ0v) is 10.1. The summed E-state index contributed by atoms with van der Waals surface area (Å²) < 4.78 is 0. The molecule has 0 aromatic rings. The molecule has 0 spiro atoms. The Balaban J connectivity index is 3.50. The van der Waals surface area contributed by atoms with E-state index in [9.17, 15) is 0 Å². The predicted octanol–water partition coefficient (Wildman–Crippen LogP) is 3.54. The number of rotatable bonds is 7. The molecule has 2 unspecified atom stereocenters. The molecule has 13 heavy (non-hydrogen) atoms. The topological polar surface area (TPSA) is 3.24 Å². The molecule has 1 nitrogen and oxygen atoms in total. The van der Waals surface area contributed by atoms with Crippen LogP contribution in [0.25, 0.3) is 0 Å². The summed E-state index contributed by atoms with van der Waals surface area (Å²) in [5, 5.41) is 0. The van der Waals surface area contributed by atoms with Gasteiger partial charge < -0.3 is 4.90 Å². The summed E-state index contributed by atoms with van der Waals surface area (Å²) in [5.74, 6) is 0.900. The van der Waals surface area contributed by atoms with Gasteiger partial charge in [-0.1, -0.05) is 33.6 Å². The van der Waals surface area contributed by atoms with E-state index >= 15 is 0 Å². The van der Waals surface area contributed by atoms with Crippen LogP contribution in [0.3, 0.4) is 0 Å². The van der Waals surface area contributed by atoms with Crippen LogP contribution in [-0.4, -0.2) is 24.5 Å². The van der Waals surface area contributed by atoms with Crippen LogP contribution < -0.4 is 0 Å². The van der Waals surface area contributed by atoms with Crippen molar-refractivity contribution in [2.24, 2.45) is 5.92 Å². The Hall–Kier alpha value is -0.0400. The molecule has 0 radical (unpaired) electrons. The molecule has 0 heterocycles. The fourth-order valence-corrected chi connectivity index (χ4v) is 1.59. The molecule has 0 saturated carbocycles. The smallest absolute Gasteiger partial charge is 0.00612 e. The Bertz CT molecular complexity index is 112. The minimum atomic E-state index is 0.744. The molecular formula is C12H27N. The maximum absolute atomic E-state index is 2.48. The van der Waals surface area contributed by atoms with E-state index in [1.165, 1.54) is 32.2 Å². The van der Waals surface area contributed by atoms with Gasteiger partial charge in [-0.2, -0.15) is 0 Å². The third kappa shape index (κ3) is 6.09. The van der Waals surface area contributed by atoms with E-state index in [2.05, 4.69) is 39.6 Å². The Morgan fingerprint density at radius 3 is 2.15 bits per heavy atom. The molecule has 0 rings (SSSR count). The molecule has 2 atom stereocenters. The zero-order valence-electron chi connectivity index (χ0n) is 10.1. The van der Waals surface area contributed by atoms with Gasteiger partial charge in [-0.15, -0.1) is 0 Å². The van der Waals surface area contributed by atoms with E-state index in [4.69, 9.17) is 0 Å². The van der Waals surface area contributed by atoms with Crippen LogP contribution in [0.5, 0.6) is 0 Å². The fourth-order valence-electron chi connectivity index (χ4n) is 1.59. The van der Waals surface area contributed by atoms with Gasteiger partial charge in [0.2, 0.25) is 0 Å². The normalized spacial score (nSPS) is 16.2. The van der Waals surface area contributed by atoms with Crippen LogP contribution in [0, 0.1) is 5.92 Å². The van der Waals surface area contributed by atoms with Crippen LogP contribution in [-0.2, 0) is 0 Å². The summed E-state index contributed by atoms with van der Waals surface area (Å²) in [4.78, 5) is 2.48. The molecule has 0 aromatic heterocycles. The maximum Gasteiger partial charge on any atom is 0.00612 e. The highest BCUT2D eigenvalue weighted by molar-refractivity contribution is 4.62. The van der Waals surface area contributed by atoms with Gasteiger partial charge in [0.25, 0.3) is 0 Å². The third-order valence-electron chi connectivity index (χ3n) is 3.10. The van der Waals surface area contributed by atoms with Crippen molar-refractivity contribution in [2.75, 3.05) is 13.6 Å². The average Bonchev–Trinajstić information content (AvgIpc) is 2.13. The zero-order chi connectivity index (χ0) is 10.3. The Labute approximate surface area is 84.5 Å². The first-order valence-corrected chi connectivity index (χ1v) is 5.82. The van der Waals surface area contributed by atoms with E-state index < -0.39 is 0 Å². The number of hydrogen-bond acceptors (Lipinski definition) is 1. The Kier molecular flexibility index (Phi) is 7.35. The van der Waals surface area contributed by atoms with Crippen LogP contribution in [0.1, 0.15) is 53.4 Å². The minimum absolute atomic E-state index is 0.744. The highest BCUT2D eigenvalue weighted by Crippen LogP contribution is 2.11. The molecule has 0 fully saturated rings. The second-order valence-corrected chi connectivity index (χ2v) is 4.42. The first-order valence-electron chi connectivity index (χ1n) is 5.82. The third-order valence-corrected chi connectivity index (χ3v) is 3.10. The van der Waals surface area contributed by atoms with Gasteiger partial charge in [-0.25, -0.2) is 0 Å². The van der Waals surface area contributed by atoms with Gasteiger partial charge in [-0.3, -0.25) is 0 Å². The lowest BCUT2D eigenvalue weighted by Crippen LogP contribution is -2.30. The minimum Gasteiger partial charge on any atom is -0.304 e. The van der Waals surface area contributed by atoms with Gasteiger partial charge in [-0.05, 0) is 39.3 Å². The molecular weight excluding hydrogens is 158 g/mol. The van der Waals surface area contributed by atoms with Crippen molar-refractivity contribution in [2.45, 2.75) is 59.4 Å². The summed E-state index contributed by atoms with van der Waals surface area (Å²) in [5.41, 5.74) is 0. The van der Waals surface area contributed by atoms with Crippen molar-refractivity contribution in [3.63, 3.8) is 0 Å². The SMILES string of the molecule is CCCC(C)CCN(C)C(C)CC. The van der Waals surface area contributed by atoms with Crippen molar-refractivity contribution in [3.05, 3.63) is 0 Å². The fraction of sp³-hybridized carbons (Fsp3) is 1.00. The standard InChI is InChI=1S/C12H27N/c1-6-8-11(3)9-10-13(5)12(4)7-2/h11-12H,6-10H2,1-5H3. The van der Waals surface area contributed by atoms with Crippen molar-refractivity contribution in [1.29, 1.82) is 0 Å². The van der Waals surface area contributed by atoms with Gasteiger partial charge >= 0.3 is 0 Å². The highest BCUT2D eigenvalue weighted by atomic mass is 15.1. The van der Waals surface area contributed by atoms with Crippen LogP contribution in [0.2, 0.25) is 0 Å². The number of nitrogens with zero attached hydrogens (tertiary/aromatic N) is 1.